The molecule has 0 aliphatic rings. The Bertz CT molecular complexity index is 294. The minimum Gasteiger partial charge on any atom is -0.502 e. The molecule has 0 N–H and O–H groups in total. The Balaban J connectivity index is 2.50. The van der Waals surface area contributed by atoms with Gasteiger partial charge < -0.3 is 4.74 Å². The molecule has 0 saturated heterocycles. The molecule has 13 heavy (non-hydrogen) atoms. The number of rotatable bonds is 4. The average molecular weight is 197 g/mol. The second-order valence-electron chi connectivity index (χ2n) is 2.87. The zero-order valence-corrected chi connectivity index (χ0v) is 8.47. The number of hydrogen-bond donors (Lipinski definition) is 0. The van der Waals surface area contributed by atoms with E-state index in [0.717, 1.165) is 23.6 Å². The van der Waals surface area contributed by atoms with Crippen molar-refractivity contribution in [3.63, 3.8) is 0 Å². The standard InChI is InChI=1S/C11H13ClO/c1-9(13-2)6-7-10-4-3-5-11(12)8-10/h3-5,8H,1,6-7H2,2H3. The van der Waals surface area contributed by atoms with E-state index in [2.05, 4.69) is 12.6 Å². The van der Waals surface area contributed by atoms with Gasteiger partial charge in [0.05, 0.1) is 12.9 Å². The predicted molar refractivity (Wildman–Crippen MR) is 55.9 cm³/mol. The van der Waals surface area contributed by atoms with Crippen LogP contribution < -0.4 is 0 Å². The summed E-state index contributed by atoms with van der Waals surface area (Å²) >= 11 is 5.84. The predicted octanol–water partition coefficient (Wildman–Crippen LogP) is 3.43. The summed E-state index contributed by atoms with van der Waals surface area (Å²) in [5.41, 5.74) is 1.21. The molecule has 1 aromatic carbocycles. The van der Waals surface area contributed by atoms with Crippen LogP contribution in [0.1, 0.15) is 12.0 Å². The summed E-state index contributed by atoms with van der Waals surface area (Å²) in [5.74, 6) is 0.806. The highest BCUT2D eigenvalue weighted by atomic mass is 35.5. The van der Waals surface area contributed by atoms with Gasteiger partial charge in [-0.2, -0.15) is 0 Å². The first-order valence-corrected chi connectivity index (χ1v) is 4.56. The van der Waals surface area contributed by atoms with Crippen LogP contribution in [-0.4, -0.2) is 7.11 Å². The van der Waals surface area contributed by atoms with Crippen molar-refractivity contribution in [1.29, 1.82) is 0 Å². The van der Waals surface area contributed by atoms with Gasteiger partial charge in [0.1, 0.15) is 0 Å². The van der Waals surface area contributed by atoms with Crippen LogP contribution in [0.15, 0.2) is 36.6 Å². The maximum absolute atomic E-state index is 5.84. The highest BCUT2D eigenvalue weighted by Crippen LogP contribution is 2.13. The van der Waals surface area contributed by atoms with E-state index in [1.54, 1.807) is 7.11 Å². The third-order valence-electron chi connectivity index (χ3n) is 1.87. The maximum atomic E-state index is 5.84. The van der Waals surface area contributed by atoms with E-state index in [9.17, 15) is 0 Å². The molecule has 2 heteroatoms. The van der Waals surface area contributed by atoms with E-state index in [1.807, 2.05) is 18.2 Å². The summed E-state index contributed by atoms with van der Waals surface area (Å²) in [5, 5.41) is 0.778. The Morgan fingerprint density at radius 3 is 2.92 bits per heavy atom. The third-order valence-corrected chi connectivity index (χ3v) is 2.11. The summed E-state index contributed by atoms with van der Waals surface area (Å²) in [7, 11) is 1.64. The van der Waals surface area contributed by atoms with Crippen LogP contribution >= 0.6 is 11.6 Å². The third kappa shape index (κ3) is 3.51. The molecule has 0 aliphatic heterocycles. The van der Waals surface area contributed by atoms with Crippen molar-refractivity contribution in [2.24, 2.45) is 0 Å². The van der Waals surface area contributed by atoms with Gasteiger partial charge in [-0.1, -0.05) is 30.3 Å². The zero-order valence-electron chi connectivity index (χ0n) is 7.72. The normalized spacial score (nSPS) is 9.69. The summed E-state index contributed by atoms with van der Waals surface area (Å²) in [6, 6.07) is 7.84. The van der Waals surface area contributed by atoms with Crippen molar-refractivity contribution >= 4 is 11.6 Å². The molecule has 0 aliphatic carbocycles. The van der Waals surface area contributed by atoms with Gasteiger partial charge in [0.15, 0.2) is 0 Å². The summed E-state index contributed by atoms with van der Waals surface area (Å²) in [4.78, 5) is 0. The van der Waals surface area contributed by atoms with E-state index in [-0.39, 0.29) is 0 Å². The maximum Gasteiger partial charge on any atom is 0.0887 e. The first-order chi connectivity index (χ1) is 6.22. The van der Waals surface area contributed by atoms with Crippen molar-refractivity contribution in [2.75, 3.05) is 7.11 Å². The van der Waals surface area contributed by atoms with Crippen LogP contribution in [0.4, 0.5) is 0 Å². The fraction of sp³-hybridized carbons (Fsp3) is 0.273. The lowest BCUT2D eigenvalue weighted by molar-refractivity contribution is 0.279. The van der Waals surface area contributed by atoms with Crippen molar-refractivity contribution in [1.82, 2.24) is 0 Å². The molecule has 0 spiro atoms. The lowest BCUT2D eigenvalue weighted by Gasteiger charge is -2.04. The highest BCUT2D eigenvalue weighted by Gasteiger charge is 1.96. The molecular weight excluding hydrogens is 184 g/mol. The second kappa shape index (κ2) is 4.93. The Labute approximate surface area is 84.0 Å². The molecule has 0 saturated carbocycles. The number of benzene rings is 1. The summed E-state index contributed by atoms with van der Waals surface area (Å²) in [6.45, 7) is 3.76. The van der Waals surface area contributed by atoms with Crippen molar-refractivity contribution in [3.05, 3.63) is 47.2 Å². The molecule has 0 radical (unpaired) electrons. The molecule has 0 atom stereocenters. The molecular formula is C11H13ClO. The molecule has 1 rings (SSSR count). The van der Waals surface area contributed by atoms with Gasteiger partial charge in [0, 0.05) is 11.4 Å². The first-order valence-electron chi connectivity index (χ1n) is 4.18. The van der Waals surface area contributed by atoms with Crippen LogP contribution in [0.5, 0.6) is 0 Å². The lowest BCUT2D eigenvalue weighted by atomic mass is 10.1. The molecule has 1 aromatic rings. The molecule has 70 valence electrons. The number of hydrogen-bond acceptors (Lipinski definition) is 1. The van der Waals surface area contributed by atoms with Gasteiger partial charge in [-0.25, -0.2) is 0 Å². The van der Waals surface area contributed by atoms with Gasteiger partial charge in [-0.05, 0) is 24.1 Å². The van der Waals surface area contributed by atoms with E-state index in [1.165, 1.54) is 5.56 Å². The van der Waals surface area contributed by atoms with E-state index in [4.69, 9.17) is 16.3 Å². The largest absolute Gasteiger partial charge is 0.502 e. The quantitative estimate of drug-likeness (QED) is 0.671. The first kappa shape index (κ1) is 10.1. The average Bonchev–Trinajstić information content (AvgIpc) is 2.14. The molecule has 1 nitrogen and oxygen atoms in total. The second-order valence-corrected chi connectivity index (χ2v) is 3.31. The van der Waals surface area contributed by atoms with Crippen LogP contribution in [0.2, 0.25) is 5.02 Å². The molecule has 0 aromatic heterocycles. The van der Waals surface area contributed by atoms with Crippen LogP contribution in [0, 0.1) is 0 Å². The topological polar surface area (TPSA) is 9.23 Å². The number of aryl methyl sites for hydroxylation is 1. The van der Waals surface area contributed by atoms with Crippen LogP contribution in [-0.2, 0) is 11.2 Å². The van der Waals surface area contributed by atoms with Gasteiger partial charge in [-0.3, -0.25) is 0 Å². The van der Waals surface area contributed by atoms with Gasteiger partial charge in [0.25, 0.3) is 0 Å². The minimum atomic E-state index is 0.778. The van der Waals surface area contributed by atoms with E-state index in [0.29, 0.717) is 0 Å². The van der Waals surface area contributed by atoms with Crippen LogP contribution in [0.25, 0.3) is 0 Å². The fourth-order valence-corrected chi connectivity index (χ4v) is 1.29. The number of halogens is 1. The fourth-order valence-electron chi connectivity index (χ4n) is 1.08. The van der Waals surface area contributed by atoms with Crippen LogP contribution in [0.3, 0.4) is 0 Å². The van der Waals surface area contributed by atoms with E-state index < -0.39 is 0 Å². The summed E-state index contributed by atoms with van der Waals surface area (Å²) in [6.07, 6.45) is 1.77. The monoisotopic (exact) mass is 196 g/mol. The van der Waals surface area contributed by atoms with Crippen molar-refractivity contribution in [3.8, 4) is 0 Å². The Morgan fingerprint density at radius 2 is 2.31 bits per heavy atom. The highest BCUT2D eigenvalue weighted by molar-refractivity contribution is 6.30. The minimum absolute atomic E-state index is 0.778. The molecule has 0 bridgehead atoms. The molecule has 0 amide bonds. The van der Waals surface area contributed by atoms with E-state index >= 15 is 0 Å². The van der Waals surface area contributed by atoms with Crippen molar-refractivity contribution in [2.45, 2.75) is 12.8 Å². The Hall–Kier alpha value is -0.950. The lowest BCUT2D eigenvalue weighted by Crippen LogP contribution is -1.89. The van der Waals surface area contributed by atoms with Gasteiger partial charge >= 0.3 is 0 Å². The smallest absolute Gasteiger partial charge is 0.0887 e. The number of allylic oxidation sites excluding steroid dienone is 1. The Kier molecular flexibility index (Phi) is 3.84. The molecule has 0 unspecified atom stereocenters. The molecule has 0 heterocycles. The SMILES string of the molecule is C=C(CCc1cccc(Cl)c1)OC. The van der Waals surface area contributed by atoms with Gasteiger partial charge in [0.2, 0.25) is 0 Å². The molecule has 0 fully saturated rings. The zero-order chi connectivity index (χ0) is 9.68. The number of methoxy groups -OCH3 is 1. The summed E-state index contributed by atoms with van der Waals surface area (Å²) < 4.78 is 4.97. The Morgan fingerprint density at radius 1 is 1.54 bits per heavy atom. The number of ether oxygens (including phenoxy) is 1. The van der Waals surface area contributed by atoms with Gasteiger partial charge in [-0.15, -0.1) is 0 Å². The van der Waals surface area contributed by atoms with Crippen molar-refractivity contribution < 1.29 is 4.74 Å².